The summed E-state index contributed by atoms with van der Waals surface area (Å²) in [6, 6.07) is 9.34. The van der Waals surface area contributed by atoms with E-state index in [-0.39, 0.29) is 24.2 Å². The number of nitrogens with zero attached hydrogens (tertiary/aromatic N) is 1. The molecule has 0 N–H and O–H groups in total. The summed E-state index contributed by atoms with van der Waals surface area (Å²) in [5, 5.41) is 0. The highest BCUT2D eigenvalue weighted by Crippen LogP contribution is 2.13. The summed E-state index contributed by atoms with van der Waals surface area (Å²) in [6.45, 7) is 0. The van der Waals surface area contributed by atoms with Crippen LogP contribution >= 0.6 is 0 Å². The van der Waals surface area contributed by atoms with Crippen LogP contribution in [0.15, 0.2) is 42.6 Å². The lowest BCUT2D eigenvalue weighted by Crippen LogP contribution is -2.07. The highest BCUT2D eigenvalue weighted by molar-refractivity contribution is 5.81. The highest BCUT2D eigenvalue weighted by atomic mass is 19.2. The van der Waals surface area contributed by atoms with Gasteiger partial charge in [-0.25, -0.2) is 8.78 Å². The summed E-state index contributed by atoms with van der Waals surface area (Å²) >= 11 is 0. The molecule has 2 rings (SSSR count). The first-order chi connectivity index (χ1) is 9.16. The minimum Gasteiger partial charge on any atom is -0.299 e. The normalized spacial score (nSPS) is 10.4. The van der Waals surface area contributed by atoms with Gasteiger partial charge in [-0.3, -0.25) is 9.78 Å². The third kappa shape index (κ3) is 3.68. The molecule has 0 aliphatic carbocycles. The van der Waals surface area contributed by atoms with Crippen LogP contribution in [0, 0.1) is 11.6 Å². The van der Waals surface area contributed by atoms with Gasteiger partial charge in [0.1, 0.15) is 5.78 Å². The van der Waals surface area contributed by atoms with Gasteiger partial charge in [0.25, 0.3) is 0 Å². The Bertz CT molecular complexity index is 570. The predicted octanol–water partition coefficient (Wildman–Crippen LogP) is 3.10. The van der Waals surface area contributed by atoms with Crippen molar-refractivity contribution in [2.24, 2.45) is 0 Å². The number of ketones is 1. The number of carbonyl (C=O) groups is 1. The van der Waals surface area contributed by atoms with Crippen LogP contribution in [0.2, 0.25) is 0 Å². The number of carbonyl (C=O) groups excluding carboxylic acids is 1. The molecular formula is C15H13F2NO. The fourth-order valence-corrected chi connectivity index (χ4v) is 1.80. The zero-order valence-corrected chi connectivity index (χ0v) is 10.3. The van der Waals surface area contributed by atoms with E-state index >= 15 is 0 Å². The smallest absolute Gasteiger partial charge is 0.162 e. The first-order valence-corrected chi connectivity index (χ1v) is 6.01. The molecule has 0 unspecified atom stereocenters. The molecule has 1 heterocycles. The van der Waals surface area contributed by atoms with Gasteiger partial charge < -0.3 is 0 Å². The maximum Gasteiger partial charge on any atom is 0.162 e. The van der Waals surface area contributed by atoms with Crippen LogP contribution in [-0.4, -0.2) is 10.8 Å². The lowest BCUT2D eigenvalue weighted by Gasteiger charge is -2.03. The van der Waals surface area contributed by atoms with Gasteiger partial charge in [0.2, 0.25) is 0 Å². The SMILES string of the molecule is O=C(CCc1ccccn1)Cc1cccc(F)c1F. The van der Waals surface area contributed by atoms with E-state index in [9.17, 15) is 13.6 Å². The Morgan fingerprint density at radius 1 is 1.11 bits per heavy atom. The third-order valence-corrected chi connectivity index (χ3v) is 2.81. The molecule has 2 aromatic rings. The van der Waals surface area contributed by atoms with Gasteiger partial charge >= 0.3 is 0 Å². The van der Waals surface area contributed by atoms with E-state index in [1.165, 1.54) is 12.1 Å². The van der Waals surface area contributed by atoms with Crippen LogP contribution in [0.25, 0.3) is 0 Å². The third-order valence-electron chi connectivity index (χ3n) is 2.81. The van der Waals surface area contributed by atoms with Crippen molar-refractivity contribution in [3.63, 3.8) is 0 Å². The number of aromatic nitrogens is 1. The molecule has 4 heteroatoms. The summed E-state index contributed by atoms with van der Waals surface area (Å²) in [5.41, 5.74) is 0.918. The van der Waals surface area contributed by atoms with Crippen LogP contribution in [0.3, 0.4) is 0 Å². The topological polar surface area (TPSA) is 30.0 Å². The van der Waals surface area contributed by atoms with Gasteiger partial charge in [0.05, 0.1) is 0 Å². The minimum absolute atomic E-state index is 0.0869. The second-order valence-electron chi connectivity index (χ2n) is 4.25. The molecule has 98 valence electrons. The second-order valence-corrected chi connectivity index (χ2v) is 4.25. The van der Waals surface area contributed by atoms with Crippen LogP contribution in [-0.2, 0) is 17.6 Å². The van der Waals surface area contributed by atoms with Gasteiger partial charge in [-0.1, -0.05) is 18.2 Å². The Hall–Kier alpha value is -2.10. The highest BCUT2D eigenvalue weighted by Gasteiger charge is 2.11. The van der Waals surface area contributed by atoms with E-state index in [0.29, 0.717) is 6.42 Å². The number of hydrogen-bond acceptors (Lipinski definition) is 2. The number of benzene rings is 1. The average Bonchev–Trinajstić information content (AvgIpc) is 2.43. The number of hydrogen-bond donors (Lipinski definition) is 0. The molecule has 19 heavy (non-hydrogen) atoms. The number of aryl methyl sites for hydroxylation is 1. The maximum atomic E-state index is 13.4. The fourth-order valence-electron chi connectivity index (χ4n) is 1.80. The summed E-state index contributed by atoms with van der Waals surface area (Å²) in [4.78, 5) is 15.8. The van der Waals surface area contributed by atoms with E-state index in [1.54, 1.807) is 12.3 Å². The van der Waals surface area contributed by atoms with Crippen molar-refractivity contribution in [3.8, 4) is 0 Å². The van der Waals surface area contributed by atoms with E-state index in [2.05, 4.69) is 4.98 Å². The van der Waals surface area contributed by atoms with E-state index in [1.807, 2.05) is 12.1 Å². The van der Waals surface area contributed by atoms with Crippen molar-refractivity contribution in [1.82, 2.24) is 4.98 Å². The lowest BCUT2D eigenvalue weighted by atomic mass is 10.0. The molecule has 0 spiro atoms. The number of rotatable bonds is 5. The van der Waals surface area contributed by atoms with Crippen molar-refractivity contribution < 1.29 is 13.6 Å². The van der Waals surface area contributed by atoms with Gasteiger partial charge in [-0.2, -0.15) is 0 Å². The van der Waals surface area contributed by atoms with Crippen LogP contribution in [0.4, 0.5) is 8.78 Å². The fraction of sp³-hybridized carbons (Fsp3) is 0.200. The molecule has 0 amide bonds. The molecule has 0 fully saturated rings. The molecule has 1 aromatic heterocycles. The largest absolute Gasteiger partial charge is 0.299 e. The van der Waals surface area contributed by atoms with E-state index in [0.717, 1.165) is 11.8 Å². The van der Waals surface area contributed by atoms with Crippen molar-refractivity contribution in [2.75, 3.05) is 0 Å². The Morgan fingerprint density at radius 3 is 2.68 bits per heavy atom. The van der Waals surface area contributed by atoms with Crippen LogP contribution < -0.4 is 0 Å². The first-order valence-electron chi connectivity index (χ1n) is 6.01. The first kappa shape index (κ1) is 13.3. The van der Waals surface area contributed by atoms with Gasteiger partial charge in [-0.15, -0.1) is 0 Å². The molecule has 0 aliphatic heterocycles. The van der Waals surface area contributed by atoms with Crippen LogP contribution in [0.5, 0.6) is 0 Å². The summed E-state index contributed by atoms with van der Waals surface area (Å²) in [6.07, 6.45) is 2.35. The molecule has 0 saturated carbocycles. The van der Waals surface area contributed by atoms with Gasteiger partial charge in [0.15, 0.2) is 11.6 Å². The maximum absolute atomic E-state index is 13.4. The summed E-state index contributed by atoms with van der Waals surface area (Å²) in [7, 11) is 0. The van der Waals surface area contributed by atoms with Crippen molar-refractivity contribution in [3.05, 3.63) is 65.5 Å². The lowest BCUT2D eigenvalue weighted by molar-refractivity contribution is -0.118. The van der Waals surface area contributed by atoms with Gasteiger partial charge in [-0.05, 0) is 30.2 Å². The number of halogens is 2. The molecule has 0 bridgehead atoms. The standard InChI is InChI=1S/C15H13F2NO/c16-14-6-3-4-11(15(14)17)10-13(19)8-7-12-5-1-2-9-18-12/h1-6,9H,7-8,10H2. The average molecular weight is 261 g/mol. The molecule has 0 radical (unpaired) electrons. The molecule has 0 saturated heterocycles. The molecule has 0 atom stereocenters. The molecular weight excluding hydrogens is 248 g/mol. The monoisotopic (exact) mass is 261 g/mol. The van der Waals surface area contributed by atoms with Crippen molar-refractivity contribution in [1.29, 1.82) is 0 Å². The predicted molar refractivity (Wildman–Crippen MR) is 67.6 cm³/mol. The Balaban J connectivity index is 1.93. The molecule has 0 aliphatic rings. The summed E-state index contributed by atoms with van der Waals surface area (Å²) in [5.74, 6) is -1.99. The summed E-state index contributed by atoms with van der Waals surface area (Å²) < 4.78 is 26.4. The minimum atomic E-state index is -0.936. The van der Waals surface area contributed by atoms with Crippen molar-refractivity contribution >= 4 is 5.78 Å². The quantitative estimate of drug-likeness (QED) is 0.827. The Kier molecular flexibility index (Phi) is 4.34. The van der Waals surface area contributed by atoms with Crippen molar-refractivity contribution in [2.45, 2.75) is 19.3 Å². The Morgan fingerprint density at radius 2 is 1.95 bits per heavy atom. The number of Topliss-reactive ketones (excluding diaryl/α,β-unsaturated/α-hetero) is 1. The van der Waals surface area contributed by atoms with Crippen LogP contribution in [0.1, 0.15) is 17.7 Å². The second kappa shape index (κ2) is 6.18. The zero-order valence-electron chi connectivity index (χ0n) is 10.3. The Labute approximate surface area is 110 Å². The molecule has 2 nitrogen and oxygen atoms in total. The molecule has 1 aromatic carbocycles. The number of pyridine rings is 1. The van der Waals surface area contributed by atoms with E-state index < -0.39 is 11.6 Å². The van der Waals surface area contributed by atoms with E-state index in [4.69, 9.17) is 0 Å². The van der Waals surface area contributed by atoms with Gasteiger partial charge in [0, 0.05) is 24.7 Å². The zero-order chi connectivity index (χ0) is 13.7.